The second kappa shape index (κ2) is 9.75. The lowest BCUT2D eigenvalue weighted by molar-refractivity contribution is -0.137. The van der Waals surface area contributed by atoms with Gasteiger partial charge >= 0.3 is 5.97 Å². The molecule has 26 heavy (non-hydrogen) atoms. The molecule has 0 heterocycles. The quantitative estimate of drug-likeness (QED) is 0.580. The summed E-state index contributed by atoms with van der Waals surface area (Å²) >= 11 is 0. The second-order valence-corrected chi connectivity index (χ2v) is 6.42. The van der Waals surface area contributed by atoms with Crippen LogP contribution < -0.4 is 10.6 Å². The Morgan fingerprint density at radius 1 is 1.19 bits per heavy atom. The number of amides is 2. The molecule has 0 aliphatic heterocycles. The first-order chi connectivity index (χ1) is 12.5. The highest BCUT2D eigenvalue weighted by Crippen LogP contribution is 2.28. The molecule has 1 aromatic rings. The zero-order valence-corrected chi connectivity index (χ0v) is 15.3. The molecule has 1 saturated carbocycles. The number of esters is 1. The average molecular weight is 358 g/mol. The molecule has 1 unspecified atom stereocenters. The molecule has 6 nitrogen and oxygen atoms in total. The fourth-order valence-electron chi connectivity index (χ4n) is 3.16. The van der Waals surface area contributed by atoms with E-state index < -0.39 is 6.04 Å². The minimum Gasteiger partial charge on any atom is -0.463 e. The molecule has 1 atom stereocenters. The monoisotopic (exact) mass is 358 g/mol. The predicted molar refractivity (Wildman–Crippen MR) is 100 cm³/mol. The number of hydrogen-bond acceptors (Lipinski definition) is 4. The standard InChI is InChI=1S/C20H26N2O4/c1-3-26-18(24)13-10-15-8-11-17(12-9-15)22-20(25)19(21-14(2)23)16-6-4-5-7-16/h8-13,16,19H,3-7H2,1-2H3,(H,21,23)(H,22,25)/b13-10+. The molecule has 2 rings (SSSR count). The molecule has 1 aliphatic rings. The molecule has 1 aliphatic carbocycles. The molecule has 0 bridgehead atoms. The molecular weight excluding hydrogens is 332 g/mol. The van der Waals surface area contributed by atoms with Gasteiger partial charge in [-0.15, -0.1) is 0 Å². The Kier molecular flexibility index (Phi) is 7.38. The van der Waals surface area contributed by atoms with Gasteiger partial charge in [-0.2, -0.15) is 0 Å². The maximum Gasteiger partial charge on any atom is 0.330 e. The van der Waals surface area contributed by atoms with Crippen molar-refractivity contribution in [2.75, 3.05) is 11.9 Å². The lowest BCUT2D eigenvalue weighted by atomic mass is 9.97. The summed E-state index contributed by atoms with van der Waals surface area (Å²) in [7, 11) is 0. The van der Waals surface area contributed by atoms with Gasteiger partial charge in [0.05, 0.1) is 6.61 Å². The molecule has 2 N–H and O–H groups in total. The number of benzene rings is 1. The van der Waals surface area contributed by atoms with Gasteiger partial charge in [0.15, 0.2) is 0 Å². The fourth-order valence-corrected chi connectivity index (χ4v) is 3.16. The minimum absolute atomic E-state index is 0.186. The van der Waals surface area contributed by atoms with Gasteiger partial charge in [0.2, 0.25) is 11.8 Å². The van der Waals surface area contributed by atoms with E-state index in [2.05, 4.69) is 10.6 Å². The summed E-state index contributed by atoms with van der Waals surface area (Å²) in [4.78, 5) is 35.4. The highest BCUT2D eigenvalue weighted by atomic mass is 16.5. The average Bonchev–Trinajstić information content (AvgIpc) is 3.13. The Hall–Kier alpha value is -2.63. The predicted octanol–water partition coefficient (Wildman–Crippen LogP) is 2.90. The molecular formula is C20H26N2O4. The summed E-state index contributed by atoms with van der Waals surface area (Å²) in [5, 5.41) is 5.65. The van der Waals surface area contributed by atoms with Gasteiger partial charge in [0.25, 0.3) is 0 Å². The summed E-state index contributed by atoms with van der Waals surface area (Å²) < 4.78 is 4.83. The van der Waals surface area contributed by atoms with Crippen molar-refractivity contribution < 1.29 is 19.1 Å². The van der Waals surface area contributed by atoms with Crippen molar-refractivity contribution >= 4 is 29.5 Å². The van der Waals surface area contributed by atoms with Crippen LogP contribution in [-0.2, 0) is 19.1 Å². The molecule has 140 valence electrons. The maximum absolute atomic E-state index is 12.6. The van der Waals surface area contributed by atoms with Crippen LogP contribution in [0.25, 0.3) is 6.08 Å². The lowest BCUT2D eigenvalue weighted by Gasteiger charge is -2.23. The smallest absolute Gasteiger partial charge is 0.330 e. The van der Waals surface area contributed by atoms with E-state index >= 15 is 0 Å². The Labute approximate surface area is 154 Å². The topological polar surface area (TPSA) is 84.5 Å². The minimum atomic E-state index is -0.501. The third-order valence-electron chi connectivity index (χ3n) is 4.39. The number of hydrogen-bond donors (Lipinski definition) is 2. The van der Waals surface area contributed by atoms with Crippen molar-refractivity contribution in [3.05, 3.63) is 35.9 Å². The third kappa shape index (κ3) is 6.02. The molecule has 0 saturated heterocycles. The van der Waals surface area contributed by atoms with Gasteiger partial charge in [0.1, 0.15) is 6.04 Å². The summed E-state index contributed by atoms with van der Waals surface area (Å²) in [6, 6.07) is 6.63. The molecule has 0 spiro atoms. The zero-order chi connectivity index (χ0) is 18.9. The van der Waals surface area contributed by atoms with Crippen LogP contribution in [0.5, 0.6) is 0 Å². The van der Waals surface area contributed by atoms with Gasteiger partial charge in [-0.3, -0.25) is 9.59 Å². The van der Waals surface area contributed by atoms with E-state index in [1.54, 1.807) is 37.3 Å². The maximum atomic E-state index is 12.6. The Morgan fingerprint density at radius 2 is 1.85 bits per heavy atom. The van der Waals surface area contributed by atoms with Gasteiger partial charge in [-0.1, -0.05) is 25.0 Å². The van der Waals surface area contributed by atoms with Crippen LogP contribution in [0.3, 0.4) is 0 Å². The highest BCUT2D eigenvalue weighted by Gasteiger charge is 2.31. The number of carbonyl (C=O) groups is 3. The van der Waals surface area contributed by atoms with Gasteiger partial charge in [-0.05, 0) is 49.5 Å². The largest absolute Gasteiger partial charge is 0.463 e. The van der Waals surface area contributed by atoms with Crippen LogP contribution in [-0.4, -0.2) is 30.4 Å². The Bertz CT molecular complexity index is 661. The molecule has 1 fully saturated rings. The lowest BCUT2D eigenvalue weighted by Crippen LogP contribution is -2.47. The zero-order valence-electron chi connectivity index (χ0n) is 15.3. The van der Waals surface area contributed by atoms with E-state index in [0.29, 0.717) is 12.3 Å². The molecule has 2 amide bonds. The van der Waals surface area contributed by atoms with Gasteiger partial charge in [-0.25, -0.2) is 4.79 Å². The summed E-state index contributed by atoms with van der Waals surface area (Å²) in [5.74, 6) is -0.594. The molecule has 0 aromatic heterocycles. The summed E-state index contributed by atoms with van der Waals surface area (Å²) in [6.45, 7) is 3.52. The number of nitrogens with one attached hydrogen (secondary N) is 2. The van der Waals surface area contributed by atoms with Crippen LogP contribution >= 0.6 is 0 Å². The highest BCUT2D eigenvalue weighted by molar-refractivity contribution is 5.97. The van der Waals surface area contributed by atoms with Crippen LogP contribution in [0.2, 0.25) is 0 Å². The van der Waals surface area contributed by atoms with Crippen LogP contribution in [0.15, 0.2) is 30.3 Å². The molecule has 6 heteroatoms. The van der Waals surface area contributed by atoms with Crippen molar-refractivity contribution in [3.8, 4) is 0 Å². The summed E-state index contributed by atoms with van der Waals surface area (Å²) in [6.07, 6.45) is 7.11. The van der Waals surface area contributed by atoms with E-state index in [1.807, 2.05) is 0 Å². The van der Waals surface area contributed by atoms with Crippen molar-refractivity contribution in [1.29, 1.82) is 0 Å². The van der Waals surface area contributed by atoms with Crippen molar-refractivity contribution in [3.63, 3.8) is 0 Å². The third-order valence-corrected chi connectivity index (χ3v) is 4.39. The van der Waals surface area contributed by atoms with Gasteiger partial charge in [0, 0.05) is 18.7 Å². The molecule has 1 aromatic carbocycles. The first-order valence-corrected chi connectivity index (χ1v) is 9.02. The first kappa shape index (κ1) is 19.7. The van der Waals surface area contributed by atoms with E-state index in [4.69, 9.17) is 4.74 Å². The number of rotatable bonds is 7. The van der Waals surface area contributed by atoms with Crippen molar-refractivity contribution in [1.82, 2.24) is 5.32 Å². The van der Waals surface area contributed by atoms with Crippen LogP contribution in [0.1, 0.15) is 45.1 Å². The van der Waals surface area contributed by atoms with E-state index in [1.165, 1.54) is 13.0 Å². The number of carbonyl (C=O) groups excluding carboxylic acids is 3. The van der Waals surface area contributed by atoms with Gasteiger partial charge < -0.3 is 15.4 Å². The number of anilines is 1. The Balaban J connectivity index is 1.98. The first-order valence-electron chi connectivity index (χ1n) is 9.02. The second-order valence-electron chi connectivity index (χ2n) is 6.42. The van der Waals surface area contributed by atoms with Crippen molar-refractivity contribution in [2.24, 2.45) is 5.92 Å². The Morgan fingerprint density at radius 3 is 2.42 bits per heavy atom. The number of ether oxygens (including phenoxy) is 1. The summed E-state index contributed by atoms with van der Waals surface area (Å²) in [5.41, 5.74) is 1.47. The SMILES string of the molecule is CCOC(=O)/C=C/c1ccc(NC(=O)C(NC(C)=O)C2CCCC2)cc1. The van der Waals surface area contributed by atoms with E-state index in [0.717, 1.165) is 31.2 Å². The van der Waals surface area contributed by atoms with Crippen LogP contribution in [0.4, 0.5) is 5.69 Å². The van der Waals surface area contributed by atoms with E-state index in [9.17, 15) is 14.4 Å². The van der Waals surface area contributed by atoms with Crippen molar-refractivity contribution in [2.45, 2.75) is 45.6 Å². The fraction of sp³-hybridized carbons (Fsp3) is 0.450. The normalized spacial score (nSPS) is 15.6. The van der Waals surface area contributed by atoms with E-state index in [-0.39, 0.29) is 23.7 Å². The van der Waals surface area contributed by atoms with Crippen LogP contribution in [0, 0.1) is 5.92 Å². The molecule has 0 radical (unpaired) electrons.